The average Bonchev–Trinajstić information content (AvgIpc) is 2.86. The molecule has 2 saturated heterocycles. The maximum atomic E-state index is 12.7. The van der Waals surface area contributed by atoms with Crippen LogP contribution in [0.3, 0.4) is 0 Å². The molecule has 0 aromatic rings. The van der Waals surface area contributed by atoms with Crippen molar-refractivity contribution in [3.63, 3.8) is 0 Å². The van der Waals surface area contributed by atoms with Crippen LogP contribution >= 0.6 is 11.8 Å². The molecule has 0 aromatic carbocycles. The van der Waals surface area contributed by atoms with Crippen LogP contribution in [0, 0.1) is 0 Å². The van der Waals surface area contributed by atoms with Crippen LogP contribution in [0.2, 0.25) is 0 Å². The van der Waals surface area contributed by atoms with Gasteiger partial charge in [-0.25, -0.2) is 0 Å². The molecule has 1 N–H and O–H groups in total. The molecule has 0 aromatic heterocycles. The zero-order valence-electron chi connectivity index (χ0n) is 13.5. The van der Waals surface area contributed by atoms with Crippen molar-refractivity contribution in [1.29, 1.82) is 0 Å². The molecule has 0 aliphatic carbocycles. The van der Waals surface area contributed by atoms with Gasteiger partial charge in [0.15, 0.2) is 0 Å². The van der Waals surface area contributed by atoms with Crippen molar-refractivity contribution < 1.29 is 9.90 Å². The molecule has 2 fully saturated rings. The standard InChI is InChI=1S/C16H30N2O2S/c1-13(19)10-14-6-4-3-5-8-18(14)16(20)11-17(2)15-7-9-21-12-15/h13-15,19H,3-12H2,1-2H3/t13-,14+,15+/m0/s1. The fourth-order valence-electron chi connectivity index (χ4n) is 3.45. The van der Waals surface area contributed by atoms with E-state index in [2.05, 4.69) is 16.8 Å². The second-order valence-electron chi connectivity index (χ2n) is 6.61. The first-order chi connectivity index (χ1) is 10.1. The third-order valence-electron chi connectivity index (χ3n) is 4.72. The van der Waals surface area contributed by atoms with Crippen molar-refractivity contribution in [3.05, 3.63) is 0 Å². The number of thioether (sulfide) groups is 1. The Morgan fingerprint density at radius 1 is 1.38 bits per heavy atom. The summed E-state index contributed by atoms with van der Waals surface area (Å²) in [7, 11) is 2.08. The molecule has 2 rings (SSSR count). The van der Waals surface area contributed by atoms with Gasteiger partial charge < -0.3 is 10.0 Å². The molecule has 2 aliphatic rings. The second kappa shape index (κ2) is 8.39. The molecule has 2 aliphatic heterocycles. The van der Waals surface area contributed by atoms with E-state index < -0.39 is 0 Å². The highest BCUT2D eigenvalue weighted by molar-refractivity contribution is 7.99. The second-order valence-corrected chi connectivity index (χ2v) is 7.76. The molecule has 5 heteroatoms. The smallest absolute Gasteiger partial charge is 0.236 e. The van der Waals surface area contributed by atoms with Crippen molar-refractivity contribution in [2.75, 3.05) is 31.6 Å². The number of nitrogens with zero attached hydrogens (tertiary/aromatic N) is 2. The number of aliphatic hydroxyl groups is 1. The molecule has 1 amide bonds. The first-order valence-electron chi connectivity index (χ1n) is 8.33. The van der Waals surface area contributed by atoms with Crippen LogP contribution in [0.1, 0.15) is 45.4 Å². The van der Waals surface area contributed by atoms with Gasteiger partial charge in [0.2, 0.25) is 5.91 Å². The molecule has 122 valence electrons. The van der Waals surface area contributed by atoms with Crippen LogP contribution in [0.15, 0.2) is 0 Å². The number of hydrogen-bond acceptors (Lipinski definition) is 4. The Hall–Kier alpha value is -0.260. The molecule has 3 atom stereocenters. The zero-order valence-corrected chi connectivity index (χ0v) is 14.3. The van der Waals surface area contributed by atoms with E-state index in [1.165, 1.54) is 25.0 Å². The summed E-state index contributed by atoms with van der Waals surface area (Å²) in [5.41, 5.74) is 0. The topological polar surface area (TPSA) is 43.8 Å². The van der Waals surface area contributed by atoms with Crippen LogP contribution in [-0.4, -0.2) is 70.6 Å². The lowest BCUT2D eigenvalue weighted by Crippen LogP contribution is -2.47. The number of amides is 1. The van der Waals surface area contributed by atoms with E-state index >= 15 is 0 Å². The van der Waals surface area contributed by atoms with E-state index in [-0.39, 0.29) is 18.1 Å². The van der Waals surface area contributed by atoms with Gasteiger partial charge in [-0.15, -0.1) is 0 Å². The van der Waals surface area contributed by atoms with E-state index in [9.17, 15) is 9.90 Å². The molecule has 0 spiro atoms. The SMILES string of the molecule is C[C@H](O)C[C@H]1CCCCCN1C(=O)CN(C)[C@@H]1CCSC1. The Labute approximate surface area is 133 Å². The summed E-state index contributed by atoms with van der Waals surface area (Å²) >= 11 is 1.99. The van der Waals surface area contributed by atoms with Gasteiger partial charge in [0.1, 0.15) is 0 Å². The zero-order chi connectivity index (χ0) is 15.2. The van der Waals surface area contributed by atoms with E-state index in [0.29, 0.717) is 19.0 Å². The highest BCUT2D eigenvalue weighted by Gasteiger charge is 2.29. The van der Waals surface area contributed by atoms with Crippen molar-refractivity contribution in [3.8, 4) is 0 Å². The van der Waals surface area contributed by atoms with Crippen molar-refractivity contribution >= 4 is 17.7 Å². The van der Waals surface area contributed by atoms with E-state index in [4.69, 9.17) is 0 Å². The van der Waals surface area contributed by atoms with Gasteiger partial charge in [0.05, 0.1) is 12.6 Å². The molecule has 4 nitrogen and oxygen atoms in total. The fraction of sp³-hybridized carbons (Fsp3) is 0.938. The van der Waals surface area contributed by atoms with Gasteiger partial charge in [-0.1, -0.05) is 12.8 Å². The summed E-state index contributed by atoms with van der Waals surface area (Å²) in [6, 6.07) is 0.785. The lowest BCUT2D eigenvalue weighted by Gasteiger charge is -2.33. The summed E-state index contributed by atoms with van der Waals surface area (Å²) < 4.78 is 0. The van der Waals surface area contributed by atoms with Crippen molar-refractivity contribution in [1.82, 2.24) is 9.80 Å². The van der Waals surface area contributed by atoms with Gasteiger partial charge >= 0.3 is 0 Å². The lowest BCUT2D eigenvalue weighted by atomic mass is 10.0. The minimum atomic E-state index is -0.327. The Balaban J connectivity index is 1.92. The minimum absolute atomic E-state index is 0.228. The molecular formula is C16H30N2O2S. The lowest BCUT2D eigenvalue weighted by molar-refractivity contribution is -0.135. The maximum Gasteiger partial charge on any atom is 0.236 e. The number of aliphatic hydroxyl groups excluding tert-OH is 1. The predicted octanol–water partition coefficient (Wildman–Crippen LogP) is 1.97. The number of carbonyl (C=O) groups is 1. The normalized spacial score (nSPS) is 28.7. The van der Waals surface area contributed by atoms with Gasteiger partial charge in [-0.3, -0.25) is 9.69 Å². The Morgan fingerprint density at radius 3 is 2.86 bits per heavy atom. The summed E-state index contributed by atoms with van der Waals surface area (Å²) in [5.74, 6) is 2.63. The molecule has 21 heavy (non-hydrogen) atoms. The first kappa shape index (κ1) is 17.1. The van der Waals surface area contributed by atoms with Crippen LogP contribution < -0.4 is 0 Å². The summed E-state index contributed by atoms with van der Waals surface area (Å²) in [6.07, 6.45) is 6.11. The summed E-state index contributed by atoms with van der Waals surface area (Å²) in [5, 5.41) is 9.70. The monoisotopic (exact) mass is 314 g/mol. The summed E-state index contributed by atoms with van der Waals surface area (Å²) in [4.78, 5) is 17.0. The number of hydrogen-bond donors (Lipinski definition) is 1. The molecule has 0 unspecified atom stereocenters. The van der Waals surface area contributed by atoms with Crippen LogP contribution in [0.5, 0.6) is 0 Å². The van der Waals surface area contributed by atoms with Crippen molar-refractivity contribution in [2.24, 2.45) is 0 Å². The Kier molecular flexibility index (Phi) is 6.83. The first-order valence-corrected chi connectivity index (χ1v) is 9.49. The van der Waals surface area contributed by atoms with Crippen LogP contribution in [-0.2, 0) is 4.79 Å². The number of rotatable bonds is 5. The highest BCUT2D eigenvalue weighted by Crippen LogP contribution is 2.23. The van der Waals surface area contributed by atoms with Gasteiger partial charge in [-0.2, -0.15) is 11.8 Å². The Bertz CT molecular complexity index is 332. The van der Waals surface area contributed by atoms with Crippen LogP contribution in [0.4, 0.5) is 0 Å². The number of likely N-dealkylation sites (tertiary alicyclic amines) is 1. The third kappa shape index (κ3) is 5.15. The van der Waals surface area contributed by atoms with Crippen molar-refractivity contribution in [2.45, 2.75) is 63.6 Å². The van der Waals surface area contributed by atoms with E-state index in [0.717, 1.165) is 25.1 Å². The molecule has 2 heterocycles. The quantitative estimate of drug-likeness (QED) is 0.842. The number of carbonyl (C=O) groups excluding carboxylic acids is 1. The van der Waals surface area contributed by atoms with E-state index in [1.807, 2.05) is 18.7 Å². The minimum Gasteiger partial charge on any atom is -0.393 e. The molecular weight excluding hydrogens is 284 g/mol. The maximum absolute atomic E-state index is 12.7. The largest absolute Gasteiger partial charge is 0.393 e. The number of likely N-dealkylation sites (N-methyl/N-ethyl adjacent to an activating group) is 1. The summed E-state index contributed by atoms with van der Waals surface area (Å²) in [6.45, 7) is 3.22. The molecule has 0 saturated carbocycles. The third-order valence-corrected chi connectivity index (χ3v) is 5.87. The van der Waals surface area contributed by atoms with Gasteiger partial charge in [0.25, 0.3) is 0 Å². The van der Waals surface area contributed by atoms with Gasteiger partial charge in [0, 0.05) is 24.4 Å². The molecule has 0 bridgehead atoms. The van der Waals surface area contributed by atoms with Crippen LogP contribution in [0.25, 0.3) is 0 Å². The Morgan fingerprint density at radius 2 is 2.19 bits per heavy atom. The molecule has 0 radical (unpaired) electrons. The van der Waals surface area contributed by atoms with E-state index in [1.54, 1.807) is 0 Å². The predicted molar refractivity (Wildman–Crippen MR) is 88.6 cm³/mol. The van der Waals surface area contributed by atoms with Gasteiger partial charge in [-0.05, 0) is 45.4 Å². The average molecular weight is 314 g/mol. The highest BCUT2D eigenvalue weighted by atomic mass is 32.2. The fourth-order valence-corrected chi connectivity index (χ4v) is 4.75.